The topological polar surface area (TPSA) is 60.2 Å². The van der Waals surface area contributed by atoms with Crippen LogP contribution in [0.1, 0.15) is 30.3 Å². The first-order valence-corrected chi connectivity index (χ1v) is 6.07. The molecule has 0 aliphatic heterocycles. The molecule has 0 radical (unpaired) electrons. The number of nitrogens with zero attached hydrogens (tertiary/aromatic N) is 2. The number of aromatic nitrogens is 2. The van der Waals surface area contributed by atoms with E-state index in [2.05, 4.69) is 15.3 Å². The smallest absolute Gasteiger partial charge is 0.219 e. The van der Waals surface area contributed by atoms with Crippen LogP contribution >= 0.6 is 0 Å². The predicted octanol–water partition coefficient (Wildman–Crippen LogP) is 2.57. The minimum atomic E-state index is 0.386. The summed E-state index contributed by atoms with van der Waals surface area (Å²) in [6, 6.07) is 5.52. The molecule has 1 aliphatic rings. The number of anilines is 1. The van der Waals surface area contributed by atoms with Crippen molar-refractivity contribution in [1.82, 2.24) is 9.97 Å². The summed E-state index contributed by atoms with van der Waals surface area (Å²) in [6.45, 7) is 0.386. The molecule has 1 fully saturated rings. The molecule has 0 aromatic carbocycles. The molecule has 5 nitrogen and oxygen atoms in total. The molecular formula is C13H15N3O2. The van der Waals surface area contributed by atoms with E-state index in [4.69, 9.17) is 9.15 Å². The lowest BCUT2D eigenvalue weighted by molar-refractivity contribution is 0.259. The zero-order valence-corrected chi connectivity index (χ0v) is 10.2. The first-order valence-electron chi connectivity index (χ1n) is 6.07. The van der Waals surface area contributed by atoms with Crippen molar-refractivity contribution in [2.24, 2.45) is 0 Å². The Morgan fingerprint density at radius 2 is 2.33 bits per heavy atom. The van der Waals surface area contributed by atoms with Crippen molar-refractivity contribution in [1.29, 1.82) is 0 Å². The number of ether oxygens (including phenoxy) is 1. The van der Waals surface area contributed by atoms with Crippen LogP contribution in [-0.2, 0) is 6.61 Å². The first kappa shape index (κ1) is 11.1. The molecule has 2 aromatic rings. The van der Waals surface area contributed by atoms with Gasteiger partial charge in [-0.2, -0.15) is 4.98 Å². The number of nitrogens with one attached hydrogen (secondary N) is 1. The molecule has 5 heteroatoms. The highest BCUT2D eigenvalue weighted by Crippen LogP contribution is 2.39. The van der Waals surface area contributed by atoms with Crippen molar-refractivity contribution in [2.45, 2.75) is 25.4 Å². The standard InChI is InChI=1S/C13H15N3O2/c1-14-11-7-12(16-13(15-11)9-4-5-9)18-8-10-3-2-6-17-10/h2-3,6-7,9H,4-5,8H2,1H3,(H,14,15,16). The van der Waals surface area contributed by atoms with E-state index in [1.165, 1.54) is 12.8 Å². The van der Waals surface area contributed by atoms with Crippen molar-refractivity contribution in [2.75, 3.05) is 12.4 Å². The second kappa shape index (κ2) is 4.68. The first-order chi connectivity index (χ1) is 8.85. The normalized spacial score (nSPS) is 14.5. The molecule has 1 aliphatic carbocycles. The van der Waals surface area contributed by atoms with Crippen LogP contribution in [0.2, 0.25) is 0 Å². The second-order valence-electron chi connectivity index (χ2n) is 4.34. The van der Waals surface area contributed by atoms with E-state index in [9.17, 15) is 0 Å². The Labute approximate surface area is 105 Å². The summed E-state index contributed by atoms with van der Waals surface area (Å²) in [6.07, 6.45) is 3.98. The Morgan fingerprint density at radius 1 is 1.44 bits per heavy atom. The molecule has 1 saturated carbocycles. The Kier molecular flexibility index (Phi) is 2.88. The number of rotatable bonds is 5. The fourth-order valence-corrected chi connectivity index (χ4v) is 1.71. The third-order valence-corrected chi connectivity index (χ3v) is 2.86. The molecule has 0 atom stereocenters. The zero-order chi connectivity index (χ0) is 12.4. The lowest BCUT2D eigenvalue weighted by Crippen LogP contribution is -2.03. The van der Waals surface area contributed by atoms with Gasteiger partial charge in [0.25, 0.3) is 0 Å². The Hall–Kier alpha value is -2.04. The maximum absolute atomic E-state index is 5.63. The molecule has 0 saturated heterocycles. The van der Waals surface area contributed by atoms with E-state index in [1.807, 2.05) is 19.2 Å². The van der Waals surface area contributed by atoms with Gasteiger partial charge in [-0.15, -0.1) is 0 Å². The van der Waals surface area contributed by atoms with E-state index in [0.29, 0.717) is 18.4 Å². The van der Waals surface area contributed by atoms with Gasteiger partial charge in [0.2, 0.25) is 5.88 Å². The largest absolute Gasteiger partial charge is 0.469 e. The summed E-state index contributed by atoms with van der Waals surface area (Å²) in [5, 5.41) is 3.03. The van der Waals surface area contributed by atoms with E-state index >= 15 is 0 Å². The summed E-state index contributed by atoms with van der Waals surface area (Å²) in [4.78, 5) is 8.86. The van der Waals surface area contributed by atoms with Crippen LogP contribution in [0.25, 0.3) is 0 Å². The summed E-state index contributed by atoms with van der Waals surface area (Å²) in [5.74, 6) is 3.54. The van der Waals surface area contributed by atoms with E-state index in [1.54, 1.807) is 12.3 Å². The van der Waals surface area contributed by atoms with Crippen LogP contribution in [0.3, 0.4) is 0 Å². The van der Waals surface area contributed by atoms with Gasteiger partial charge in [0.15, 0.2) is 0 Å². The maximum Gasteiger partial charge on any atom is 0.219 e. The lowest BCUT2D eigenvalue weighted by Gasteiger charge is -2.07. The van der Waals surface area contributed by atoms with Crippen LogP contribution in [-0.4, -0.2) is 17.0 Å². The number of furan rings is 1. The molecule has 18 heavy (non-hydrogen) atoms. The van der Waals surface area contributed by atoms with Gasteiger partial charge >= 0.3 is 0 Å². The SMILES string of the molecule is CNc1cc(OCc2ccco2)nc(C2CC2)n1. The molecule has 0 unspecified atom stereocenters. The van der Waals surface area contributed by atoms with Crippen LogP contribution in [0.4, 0.5) is 5.82 Å². The zero-order valence-electron chi connectivity index (χ0n) is 10.2. The van der Waals surface area contributed by atoms with Gasteiger partial charge < -0.3 is 14.5 Å². The van der Waals surface area contributed by atoms with E-state index in [-0.39, 0.29) is 0 Å². The van der Waals surface area contributed by atoms with Crippen molar-refractivity contribution in [3.8, 4) is 5.88 Å². The average molecular weight is 245 g/mol. The molecule has 2 aromatic heterocycles. The third kappa shape index (κ3) is 2.45. The van der Waals surface area contributed by atoms with Gasteiger partial charge in [-0.25, -0.2) is 4.98 Å². The van der Waals surface area contributed by atoms with Gasteiger partial charge in [0, 0.05) is 19.0 Å². The summed E-state index contributed by atoms with van der Waals surface area (Å²) >= 11 is 0. The van der Waals surface area contributed by atoms with Crippen LogP contribution < -0.4 is 10.1 Å². The molecule has 94 valence electrons. The summed E-state index contributed by atoms with van der Waals surface area (Å²) in [5.41, 5.74) is 0. The predicted molar refractivity (Wildman–Crippen MR) is 66.6 cm³/mol. The highest BCUT2D eigenvalue weighted by Gasteiger charge is 2.27. The highest BCUT2D eigenvalue weighted by atomic mass is 16.5. The molecule has 2 heterocycles. The number of hydrogen-bond acceptors (Lipinski definition) is 5. The van der Waals surface area contributed by atoms with Crippen molar-refractivity contribution in [3.05, 3.63) is 36.0 Å². The molecule has 0 spiro atoms. The van der Waals surface area contributed by atoms with Crippen molar-refractivity contribution >= 4 is 5.82 Å². The maximum atomic E-state index is 5.63. The lowest BCUT2D eigenvalue weighted by atomic mass is 10.4. The van der Waals surface area contributed by atoms with Gasteiger partial charge in [-0.3, -0.25) is 0 Å². The Balaban J connectivity index is 1.75. The number of hydrogen-bond donors (Lipinski definition) is 1. The minimum Gasteiger partial charge on any atom is -0.469 e. The third-order valence-electron chi connectivity index (χ3n) is 2.86. The van der Waals surface area contributed by atoms with Gasteiger partial charge in [-0.05, 0) is 25.0 Å². The monoisotopic (exact) mass is 245 g/mol. The molecule has 1 N–H and O–H groups in total. The quantitative estimate of drug-likeness (QED) is 0.877. The van der Waals surface area contributed by atoms with Gasteiger partial charge in [-0.1, -0.05) is 0 Å². The summed E-state index contributed by atoms with van der Waals surface area (Å²) in [7, 11) is 1.84. The average Bonchev–Trinajstić information content (AvgIpc) is 3.13. The van der Waals surface area contributed by atoms with Gasteiger partial charge in [0.05, 0.1) is 6.26 Å². The Bertz CT molecular complexity index is 521. The van der Waals surface area contributed by atoms with Crippen molar-refractivity contribution < 1.29 is 9.15 Å². The van der Waals surface area contributed by atoms with E-state index in [0.717, 1.165) is 17.4 Å². The van der Waals surface area contributed by atoms with Crippen molar-refractivity contribution in [3.63, 3.8) is 0 Å². The van der Waals surface area contributed by atoms with E-state index < -0.39 is 0 Å². The van der Waals surface area contributed by atoms with Crippen LogP contribution in [0.15, 0.2) is 28.9 Å². The summed E-state index contributed by atoms with van der Waals surface area (Å²) < 4.78 is 10.8. The highest BCUT2D eigenvalue weighted by molar-refractivity contribution is 5.38. The molecule has 0 amide bonds. The second-order valence-corrected chi connectivity index (χ2v) is 4.34. The fraction of sp³-hybridized carbons (Fsp3) is 0.385. The van der Waals surface area contributed by atoms with Gasteiger partial charge in [0.1, 0.15) is 24.0 Å². The minimum absolute atomic E-state index is 0.386. The fourth-order valence-electron chi connectivity index (χ4n) is 1.71. The van der Waals surface area contributed by atoms with Crippen LogP contribution in [0, 0.1) is 0 Å². The van der Waals surface area contributed by atoms with Crippen LogP contribution in [0.5, 0.6) is 5.88 Å². The Morgan fingerprint density at radius 3 is 3.00 bits per heavy atom. The molecule has 0 bridgehead atoms. The molecule has 3 rings (SSSR count). The molecular weight excluding hydrogens is 230 g/mol.